The van der Waals surface area contributed by atoms with Crippen LogP contribution in [-0.2, 0) is 9.84 Å². The van der Waals surface area contributed by atoms with Crippen molar-refractivity contribution in [3.63, 3.8) is 0 Å². The van der Waals surface area contributed by atoms with Gasteiger partial charge >= 0.3 is 5.00 Å². The molecule has 0 aliphatic carbocycles. The zero-order chi connectivity index (χ0) is 13.1. The molecule has 1 aromatic heterocycles. The summed E-state index contributed by atoms with van der Waals surface area (Å²) in [6.45, 7) is 2.62. The Morgan fingerprint density at radius 2 is 2.18 bits per heavy atom. The number of hydrogen-bond donors (Lipinski definition) is 1. The molecule has 0 aliphatic rings. The van der Waals surface area contributed by atoms with Gasteiger partial charge in [-0.2, -0.15) is 0 Å². The third-order valence-corrected chi connectivity index (χ3v) is 4.37. The molecule has 0 saturated heterocycles. The molecule has 8 heteroatoms. The molecule has 17 heavy (non-hydrogen) atoms. The first kappa shape index (κ1) is 13.9. The predicted molar refractivity (Wildman–Crippen MR) is 67.5 cm³/mol. The van der Waals surface area contributed by atoms with Crippen molar-refractivity contribution in [3.05, 3.63) is 16.2 Å². The average molecular weight is 278 g/mol. The SMILES string of the molecule is CCCCNc1sc([N+](=O)[O-])cc1S(C)(=O)=O. The third-order valence-electron chi connectivity index (χ3n) is 2.08. The van der Waals surface area contributed by atoms with E-state index in [0.717, 1.165) is 36.5 Å². The highest BCUT2D eigenvalue weighted by Gasteiger charge is 2.22. The molecule has 0 aliphatic heterocycles. The van der Waals surface area contributed by atoms with E-state index < -0.39 is 14.8 Å². The summed E-state index contributed by atoms with van der Waals surface area (Å²) in [6.07, 6.45) is 2.90. The van der Waals surface area contributed by atoms with Gasteiger partial charge in [0.1, 0.15) is 9.90 Å². The molecule has 0 unspecified atom stereocenters. The largest absolute Gasteiger partial charge is 0.376 e. The zero-order valence-electron chi connectivity index (χ0n) is 9.60. The van der Waals surface area contributed by atoms with Gasteiger partial charge in [-0.05, 0) is 17.8 Å². The van der Waals surface area contributed by atoms with Crippen molar-refractivity contribution in [1.29, 1.82) is 0 Å². The van der Waals surface area contributed by atoms with Gasteiger partial charge in [0.2, 0.25) is 0 Å². The summed E-state index contributed by atoms with van der Waals surface area (Å²) < 4.78 is 22.9. The van der Waals surface area contributed by atoms with Gasteiger partial charge in [-0.3, -0.25) is 10.1 Å². The van der Waals surface area contributed by atoms with Crippen molar-refractivity contribution < 1.29 is 13.3 Å². The van der Waals surface area contributed by atoms with Crippen LogP contribution in [0.5, 0.6) is 0 Å². The molecule has 0 atom stereocenters. The van der Waals surface area contributed by atoms with Crippen molar-refractivity contribution in [3.8, 4) is 0 Å². The lowest BCUT2D eigenvalue weighted by molar-refractivity contribution is -0.380. The average Bonchev–Trinajstić information content (AvgIpc) is 2.62. The maximum absolute atomic E-state index is 11.5. The molecule has 96 valence electrons. The van der Waals surface area contributed by atoms with E-state index >= 15 is 0 Å². The van der Waals surface area contributed by atoms with Crippen LogP contribution in [-0.4, -0.2) is 26.1 Å². The third kappa shape index (κ3) is 3.67. The maximum atomic E-state index is 11.5. The van der Waals surface area contributed by atoms with E-state index in [2.05, 4.69) is 5.32 Å². The fourth-order valence-electron chi connectivity index (χ4n) is 1.23. The van der Waals surface area contributed by atoms with Gasteiger partial charge in [0.15, 0.2) is 9.84 Å². The molecule has 0 aromatic carbocycles. The first-order valence-corrected chi connectivity index (χ1v) is 7.79. The summed E-state index contributed by atoms with van der Waals surface area (Å²) in [5, 5.41) is 13.7. The number of nitrogens with zero attached hydrogens (tertiary/aromatic N) is 1. The molecule has 0 spiro atoms. The number of thiophene rings is 1. The predicted octanol–water partition coefficient (Wildman–Crippen LogP) is 2.27. The van der Waals surface area contributed by atoms with Crippen LogP contribution in [0.2, 0.25) is 0 Å². The number of hydrogen-bond acceptors (Lipinski definition) is 6. The van der Waals surface area contributed by atoms with Crippen molar-refractivity contribution in [2.75, 3.05) is 18.1 Å². The van der Waals surface area contributed by atoms with E-state index in [9.17, 15) is 18.5 Å². The minimum absolute atomic E-state index is 0.00491. The van der Waals surface area contributed by atoms with E-state index in [0.29, 0.717) is 11.5 Å². The minimum atomic E-state index is -3.44. The number of rotatable bonds is 6. The molecule has 0 bridgehead atoms. The zero-order valence-corrected chi connectivity index (χ0v) is 11.2. The second kappa shape index (κ2) is 5.46. The van der Waals surface area contributed by atoms with Crippen LogP contribution in [0, 0.1) is 10.1 Å². The number of anilines is 1. The number of nitro groups is 1. The van der Waals surface area contributed by atoms with Gasteiger partial charge < -0.3 is 5.32 Å². The van der Waals surface area contributed by atoms with Gasteiger partial charge in [-0.1, -0.05) is 13.3 Å². The fraction of sp³-hybridized carbons (Fsp3) is 0.556. The van der Waals surface area contributed by atoms with Crippen LogP contribution in [0.4, 0.5) is 10.0 Å². The van der Waals surface area contributed by atoms with Crippen LogP contribution in [0.15, 0.2) is 11.0 Å². The first-order chi connectivity index (χ1) is 7.86. The standard InChI is InChI=1S/C9H14N2O4S2/c1-3-4-5-10-9-7(17(2,14)15)6-8(16-9)11(12)13/h6,10H,3-5H2,1-2H3. The monoisotopic (exact) mass is 278 g/mol. The van der Waals surface area contributed by atoms with Crippen molar-refractivity contribution >= 4 is 31.2 Å². The first-order valence-electron chi connectivity index (χ1n) is 5.08. The molecule has 1 aromatic rings. The highest BCUT2D eigenvalue weighted by molar-refractivity contribution is 7.91. The number of sulfone groups is 1. The molecule has 1 heterocycles. The quantitative estimate of drug-likeness (QED) is 0.490. The minimum Gasteiger partial charge on any atom is -0.376 e. The molecule has 0 saturated carbocycles. The van der Waals surface area contributed by atoms with E-state index in [4.69, 9.17) is 0 Å². The molecule has 0 radical (unpaired) electrons. The van der Waals surface area contributed by atoms with Crippen LogP contribution in [0.25, 0.3) is 0 Å². The van der Waals surface area contributed by atoms with Gasteiger partial charge in [0.25, 0.3) is 0 Å². The molecule has 1 rings (SSSR count). The molecule has 0 amide bonds. The summed E-state index contributed by atoms with van der Waals surface area (Å²) in [5.41, 5.74) is 0. The number of nitrogens with one attached hydrogen (secondary N) is 1. The van der Waals surface area contributed by atoms with E-state index in [1.54, 1.807) is 0 Å². The second-order valence-corrected chi connectivity index (χ2v) is 6.60. The number of unbranched alkanes of at least 4 members (excludes halogenated alkanes) is 1. The Hall–Kier alpha value is -1.15. The Labute approximate surface area is 104 Å². The van der Waals surface area contributed by atoms with E-state index in [1.165, 1.54) is 0 Å². The molecule has 1 N–H and O–H groups in total. The Balaban J connectivity index is 3.04. The van der Waals surface area contributed by atoms with Gasteiger partial charge in [-0.15, -0.1) is 0 Å². The van der Waals surface area contributed by atoms with Crippen molar-refractivity contribution in [2.24, 2.45) is 0 Å². The Bertz CT molecular complexity index is 507. The summed E-state index contributed by atoms with van der Waals surface area (Å²) in [5.74, 6) is 0. The lowest BCUT2D eigenvalue weighted by atomic mass is 10.3. The van der Waals surface area contributed by atoms with E-state index in [1.807, 2.05) is 6.92 Å². The maximum Gasteiger partial charge on any atom is 0.327 e. The Kier molecular flexibility index (Phi) is 4.47. The van der Waals surface area contributed by atoms with Gasteiger partial charge in [-0.25, -0.2) is 8.42 Å². The highest BCUT2D eigenvalue weighted by Crippen LogP contribution is 2.36. The lowest BCUT2D eigenvalue weighted by Crippen LogP contribution is -2.04. The molecular weight excluding hydrogens is 264 g/mol. The van der Waals surface area contributed by atoms with E-state index in [-0.39, 0.29) is 9.90 Å². The molecule has 0 fully saturated rings. The lowest BCUT2D eigenvalue weighted by Gasteiger charge is -2.03. The second-order valence-electron chi connectivity index (χ2n) is 3.59. The normalized spacial score (nSPS) is 11.4. The summed E-state index contributed by atoms with van der Waals surface area (Å²) >= 11 is 0.856. The van der Waals surface area contributed by atoms with Crippen LogP contribution in [0.1, 0.15) is 19.8 Å². The Morgan fingerprint density at radius 3 is 2.65 bits per heavy atom. The smallest absolute Gasteiger partial charge is 0.327 e. The fourth-order valence-corrected chi connectivity index (χ4v) is 3.41. The van der Waals surface area contributed by atoms with Gasteiger partial charge in [0.05, 0.1) is 4.92 Å². The topological polar surface area (TPSA) is 89.3 Å². The summed E-state index contributed by atoms with van der Waals surface area (Å²) in [4.78, 5) is 10.0. The molecule has 6 nitrogen and oxygen atoms in total. The van der Waals surface area contributed by atoms with Crippen LogP contribution in [0.3, 0.4) is 0 Å². The highest BCUT2D eigenvalue weighted by atomic mass is 32.2. The summed E-state index contributed by atoms with van der Waals surface area (Å²) in [7, 11) is -3.44. The van der Waals surface area contributed by atoms with Crippen LogP contribution >= 0.6 is 11.3 Å². The van der Waals surface area contributed by atoms with Crippen molar-refractivity contribution in [2.45, 2.75) is 24.7 Å². The van der Waals surface area contributed by atoms with Crippen molar-refractivity contribution in [1.82, 2.24) is 0 Å². The van der Waals surface area contributed by atoms with Crippen LogP contribution < -0.4 is 5.32 Å². The van der Waals surface area contributed by atoms with Gasteiger partial charge in [0, 0.05) is 18.9 Å². The Morgan fingerprint density at radius 1 is 1.53 bits per heavy atom. The molecular formula is C9H14N2O4S2. The summed E-state index contributed by atoms with van der Waals surface area (Å²) in [6, 6.07) is 1.11.